The Balaban J connectivity index is 1.58. The van der Waals surface area contributed by atoms with Crippen LogP contribution in [0, 0.1) is 6.92 Å². The monoisotopic (exact) mass is 386 g/mol. The molecule has 2 N–H and O–H groups in total. The molecule has 0 bridgehead atoms. The fourth-order valence-corrected chi connectivity index (χ4v) is 3.67. The molecule has 1 amide bonds. The quantitative estimate of drug-likeness (QED) is 0.715. The molecule has 0 atom stereocenters. The number of nitrogens with zero attached hydrogens (tertiary/aromatic N) is 2. The van der Waals surface area contributed by atoms with Crippen LogP contribution in [0.3, 0.4) is 0 Å². The number of anilines is 1. The van der Waals surface area contributed by atoms with Gasteiger partial charge in [0.05, 0.1) is 0 Å². The number of amides is 1. The molecule has 0 spiro atoms. The van der Waals surface area contributed by atoms with E-state index in [2.05, 4.69) is 20.6 Å². The Kier molecular flexibility index (Phi) is 7.04. The van der Waals surface area contributed by atoms with Crippen LogP contribution in [-0.4, -0.2) is 28.5 Å². The Morgan fingerprint density at radius 2 is 1.93 bits per heavy atom. The number of aromatic nitrogens is 2. The van der Waals surface area contributed by atoms with Crippen LogP contribution in [0.4, 0.5) is 5.95 Å². The highest BCUT2D eigenvalue weighted by atomic mass is 35.5. The summed E-state index contributed by atoms with van der Waals surface area (Å²) >= 11 is 6.02. The number of carbonyl (C=O) groups excluding carboxylic acids is 1. The summed E-state index contributed by atoms with van der Waals surface area (Å²) < 4.78 is 0. The third-order valence-electron chi connectivity index (χ3n) is 4.86. The van der Waals surface area contributed by atoms with Crippen LogP contribution in [0.1, 0.15) is 60.3 Å². The number of hydrogen-bond acceptors (Lipinski definition) is 4. The smallest absolute Gasteiger partial charge is 0.270 e. The van der Waals surface area contributed by atoms with Crippen LogP contribution >= 0.6 is 11.6 Å². The van der Waals surface area contributed by atoms with Gasteiger partial charge >= 0.3 is 0 Å². The first-order valence-electron chi connectivity index (χ1n) is 9.75. The van der Waals surface area contributed by atoms with Crippen molar-refractivity contribution in [3.63, 3.8) is 0 Å². The van der Waals surface area contributed by atoms with E-state index in [-0.39, 0.29) is 11.9 Å². The first kappa shape index (κ1) is 19.6. The summed E-state index contributed by atoms with van der Waals surface area (Å²) in [6.07, 6.45) is 7.82. The zero-order chi connectivity index (χ0) is 19.1. The van der Waals surface area contributed by atoms with Gasteiger partial charge in [0.25, 0.3) is 5.91 Å². The highest BCUT2D eigenvalue weighted by molar-refractivity contribution is 6.30. The molecule has 3 rings (SSSR count). The lowest BCUT2D eigenvalue weighted by molar-refractivity contribution is 0.0928. The Morgan fingerprint density at radius 1 is 1.15 bits per heavy atom. The number of rotatable bonds is 6. The highest BCUT2D eigenvalue weighted by Gasteiger charge is 2.17. The molecule has 1 heterocycles. The van der Waals surface area contributed by atoms with Gasteiger partial charge in [-0.3, -0.25) is 4.79 Å². The van der Waals surface area contributed by atoms with Crippen molar-refractivity contribution in [1.82, 2.24) is 15.3 Å². The lowest BCUT2D eigenvalue weighted by Crippen LogP contribution is -2.35. The van der Waals surface area contributed by atoms with E-state index in [1.165, 1.54) is 25.7 Å². The molecule has 5 nitrogen and oxygen atoms in total. The van der Waals surface area contributed by atoms with E-state index in [0.717, 1.165) is 35.5 Å². The van der Waals surface area contributed by atoms with E-state index in [1.807, 2.05) is 31.2 Å². The van der Waals surface area contributed by atoms with Gasteiger partial charge in [-0.1, -0.05) is 49.4 Å². The van der Waals surface area contributed by atoms with Crippen molar-refractivity contribution in [2.24, 2.45) is 0 Å². The van der Waals surface area contributed by atoms with Crippen LogP contribution < -0.4 is 10.6 Å². The Bertz CT molecular complexity index is 773. The molecule has 1 aliphatic carbocycles. The van der Waals surface area contributed by atoms with Crippen molar-refractivity contribution in [1.29, 1.82) is 0 Å². The topological polar surface area (TPSA) is 66.9 Å². The van der Waals surface area contributed by atoms with Gasteiger partial charge in [-0.05, 0) is 49.9 Å². The lowest BCUT2D eigenvalue weighted by atomic mass is 10.1. The van der Waals surface area contributed by atoms with E-state index < -0.39 is 0 Å². The highest BCUT2D eigenvalue weighted by Crippen LogP contribution is 2.18. The van der Waals surface area contributed by atoms with Gasteiger partial charge in [-0.2, -0.15) is 0 Å². The number of nitrogens with one attached hydrogen (secondary N) is 2. The summed E-state index contributed by atoms with van der Waals surface area (Å²) in [6, 6.07) is 9.80. The number of halogens is 1. The van der Waals surface area contributed by atoms with Gasteiger partial charge in [0, 0.05) is 23.3 Å². The molecular weight excluding hydrogens is 360 g/mol. The molecule has 144 valence electrons. The second kappa shape index (κ2) is 9.70. The van der Waals surface area contributed by atoms with Crippen molar-refractivity contribution >= 4 is 23.5 Å². The molecule has 0 aliphatic heterocycles. The van der Waals surface area contributed by atoms with E-state index in [4.69, 9.17) is 11.6 Å². The average Bonchev–Trinajstić information content (AvgIpc) is 2.90. The van der Waals surface area contributed by atoms with Gasteiger partial charge in [0.15, 0.2) is 0 Å². The van der Waals surface area contributed by atoms with Gasteiger partial charge in [0.2, 0.25) is 5.95 Å². The molecule has 1 saturated carbocycles. The zero-order valence-electron chi connectivity index (χ0n) is 15.8. The van der Waals surface area contributed by atoms with Crippen LogP contribution in [0.15, 0.2) is 30.3 Å². The first-order valence-corrected chi connectivity index (χ1v) is 10.1. The molecule has 0 radical (unpaired) electrons. The standard InChI is InChI=1S/C21H27ClN4O/c1-15-13-19(20(27)25-18-9-4-2-3-5-10-18)26-21(24-15)23-12-11-16-7-6-8-17(22)14-16/h6-8,13-14,18H,2-5,9-12H2,1H3,(H,25,27)(H,23,24,26). The Hall–Kier alpha value is -2.14. The molecular formula is C21H27ClN4O. The van der Waals surface area contributed by atoms with Gasteiger partial charge in [-0.15, -0.1) is 0 Å². The van der Waals surface area contributed by atoms with Crippen LogP contribution in [0.2, 0.25) is 5.02 Å². The minimum atomic E-state index is -0.106. The minimum absolute atomic E-state index is 0.106. The van der Waals surface area contributed by atoms with Crippen LogP contribution in [-0.2, 0) is 6.42 Å². The molecule has 1 aliphatic rings. The van der Waals surface area contributed by atoms with Gasteiger partial charge in [-0.25, -0.2) is 9.97 Å². The molecule has 1 fully saturated rings. The summed E-state index contributed by atoms with van der Waals surface area (Å²) in [4.78, 5) is 21.4. The normalized spacial score (nSPS) is 15.2. The van der Waals surface area contributed by atoms with Crippen LogP contribution in [0.5, 0.6) is 0 Å². The molecule has 2 aromatic rings. The van der Waals surface area contributed by atoms with E-state index in [1.54, 1.807) is 6.07 Å². The summed E-state index contributed by atoms with van der Waals surface area (Å²) in [5, 5.41) is 7.10. The number of aryl methyl sites for hydroxylation is 1. The summed E-state index contributed by atoms with van der Waals surface area (Å²) in [7, 11) is 0. The SMILES string of the molecule is Cc1cc(C(=O)NC2CCCCCC2)nc(NCCc2cccc(Cl)c2)n1. The minimum Gasteiger partial charge on any atom is -0.354 e. The van der Waals surface area contributed by atoms with E-state index in [0.29, 0.717) is 18.2 Å². The molecule has 1 aromatic heterocycles. The van der Waals surface area contributed by atoms with Crippen molar-refractivity contribution in [2.45, 2.75) is 57.9 Å². The molecule has 27 heavy (non-hydrogen) atoms. The summed E-state index contributed by atoms with van der Waals surface area (Å²) in [5.74, 6) is 0.383. The predicted molar refractivity (Wildman–Crippen MR) is 109 cm³/mol. The fourth-order valence-electron chi connectivity index (χ4n) is 3.46. The Morgan fingerprint density at radius 3 is 2.67 bits per heavy atom. The van der Waals surface area contributed by atoms with Crippen molar-refractivity contribution in [3.05, 3.63) is 52.3 Å². The lowest BCUT2D eigenvalue weighted by Gasteiger charge is -2.16. The van der Waals surface area contributed by atoms with Gasteiger partial charge < -0.3 is 10.6 Å². The number of benzene rings is 1. The first-order chi connectivity index (χ1) is 13.1. The van der Waals surface area contributed by atoms with E-state index in [9.17, 15) is 4.79 Å². The second-order valence-electron chi connectivity index (χ2n) is 7.19. The molecule has 0 unspecified atom stereocenters. The summed E-state index contributed by atoms with van der Waals surface area (Å²) in [5.41, 5.74) is 2.35. The van der Waals surface area contributed by atoms with Gasteiger partial charge in [0.1, 0.15) is 5.69 Å². The average molecular weight is 387 g/mol. The van der Waals surface area contributed by atoms with E-state index >= 15 is 0 Å². The Labute approximate surface area is 166 Å². The van der Waals surface area contributed by atoms with Crippen molar-refractivity contribution < 1.29 is 4.79 Å². The maximum Gasteiger partial charge on any atom is 0.270 e. The molecule has 1 aromatic carbocycles. The molecule has 0 saturated heterocycles. The van der Waals surface area contributed by atoms with Crippen molar-refractivity contribution in [2.75, 3.05) is 11.9 Å². The maximum atomic E-state index is 12.6. The predicted octanol–water partition coefficient (Wildman–Crippen LogP) is 4.55. The molecule has 6 heteroatoms. The number of hydrogen-bond donors (Lipinski definition) is 2. The number of carbonyl (C=O) groups is 1. The largest absolute Gasteiger partial charge is 0.354 e. The third-order valence-corrected chi connectivity index (χ3v) is 5.10. The van der Waals surface area contributed by atoms with Crippen LogP contribution in [0.25, 0.3) is 0 Å². The summed E-state index contributed by atoms with van der Waals surface area (Å²) in [6.45, 7) is 2.56. The second-order valence-corrected chi connectivity index (χ2v) is 7.62. The maximum absolute atomic E-state index is 12.6. The fraction of sp³-hybridized carbons (Fsp3) is 0.476. The van der Waals surface area contributed by atoms with Crippen molar-refractivity contribution in [3.8, 4) is 0 Å². The third kappa shape index (κ3) is 6.21. The zero-order valence-corrected chi connectivity index (χ0v) is 16.6.